The minimum Gasteiger partial charge on any atom is -0.496 e. The number of benzene rings is 1. The molecule has 1 aromatic carbocycles. The number of fused-ring (bicyclic) bond motifs is 1. The minimum atomic E-state index is -3.60. The fourth-order valence-corrected chi connectivity index (χ4v) is 3.17. The number of methoxy groups -OCH3 is 1. The predicted octanol–water partition coefficient (Wildman–Crippen LogP) is 2.21. The van der Waals surface area contributed by atoms with Crippen molar-refractivity contribution in [1.29, 1.82) is 0 Å². The molecule has 0 aromatic heterocycles. The molecule has 0 saturated carbocycles. The second-order valence-electron chi connectivity index (χ2n) is 3.20. The van der Waals surface area contributed by atoms with Crippen LogP contribution in [0.3, 0.4) is 0 Å². The van der Waals surface area contributed by atoms with Crippen LogP contribution in [0.25, 0.3) is 0 Å². The van der Waals surface area contributed by atoms with Gasteiger partial charge in [-0.25, -0.2) is 8.42 Å². The van der Waals surface area contributed by atoms with Crippen molar-refractivity contribution in [3.63, 3.8) is 0 Å². The molecule has 0 bridgehead atoms. The Morgan fingerprint density at radius 2 is 2.31 bits per heavy atom. The largest absolute Gasteiger partial charge is 0.496 e. The maximum atomic E-state index is 11.0. The molecule has 1 aliphatic rings. The van der Waals surface area contributed by atoms with Crippen molar-refractivity contribution in [2.75, 3.05) is 13.0 Å². The second kappa shape index (κ2) is 4.35. The second-order valence-corrected chi connectivity index (χ2v) is 6.94. The Balaban J connectivity index is 2.44. The quantitative estimate of drug-likeness (QED) is 0.795. The first-order valence-electron chi connectivity index (χ1n) is 4.38. The Labute approximate surface area is 102 Å². The first-order chi connectivity index (χ1) is 7.49. The van der Waals surface area contributed by atoms with Crippen LogP contribution in [0, 0.1) is 0 Å². The van der Waals surface area contributed by atoms with E-state index in [2.05, 4.69) is 0 Å². The molecule has 2 rings (SSSR count). The highest BCUT2D eigenvalue weighted by molar-refractivity contribution is 8.13. The van der Waals surface area contributed by atoms with E-state index in [0.29, 0.717) is 23.0 Å². The molecule has 0 atom stereocenters. The zero-order chi connectivity index (χ0) is 11.8. The van der Waals surface area contributed by atoms with Crippen molar-refractivity contribution in [1.82, 2.24) is 0 Å². The Morgan fingerprint density at radius 1 is 1.56 bits per heavy atom. The van der Waals surface area contributed by atoms with Crippen molar-refractivity contribution in [2.24, 2.45) is 0 Å². The average molecular weight is 281 g/mol. The van der Waals surface area contributed by atoms with Gasteiger partial charge in [0.1, 0.15) is 17.4 Å². The number of thioether (sulfide) groups is 1. The van der Waals surface area contributed by atoms with Gasteiger partial charge >= 0.3 is 0 Å². The third-order valence-electron chi connectivity index (χ3n) is 2.10. The van der Waals surface area contributed by atoms with Gasteiger partial charge in [-0.3, -0.25) is 0 Å². The number of ether oxygens (including phenoxy) is 2. The van der Waals surface area contributed by atoms with E-state index in [1.54, 1.807) is 12.1 Å². The molecular weight excluding hydrogens is 272 g/mol. The van der Waals surface area contributed by atoms with Crippen molar-refractivity contribution in [3.8, 4) is 11.5 Å². The molecule has 0 saturated heterocycles. The smallest absolute Gasteiger partial charge is 0.236 e. The summed E-state index contributed by atoms with van der Waals surface area (Å²) in [7, 11) is 3.11. The molecule has 1 aromatic rings. The summed E-state index contributed by atoms with van der Waals surface area (Å²) in [6, 6.07) is 3.43. The van der Waals surface area contributed by atoms with Crippen molar-refractivity contribution in [3.05, 3.63) is 17.7 Å². The number of rotatable bonds is 3. The Hall–Kier alpha value is -0.590. The molecular formula is C9H9ClO4S2. The van der Waals surface area contributed by atoms with Crippen molar-refractivity contribution >= 4 is 31.5 Å². The summed E-state index contributed by atoms with van der Waals surface area (Å²) in [6.45, 7) is 0. The van der Waals surface area contributed by atoms with Crippen molar-refractivity contribution < 1.29 is 17.9 Å². The lowest BCUT2D eigenvalue weighted by atomic mass is 10.2. The molecule has 0 aliphatic carbocycles. The summed E-state index contributed by atoms with van der Waals surface area (Å²) < 4.78 is 32.5. The van der Waals surface area contributed by atoms with Gasteiger partial charge in [-0.1, -0.05) is 11.8 Å². The van der Waals surface area contributed by atoms with Crippen LogP contribution in [-0.2, 0) is 14.8 Å². The third kappa shape index (κ3) is 2.56. The first kappa shape index (κ1) is 11.9. The summed E-state index contributed by atoms with van der Waals surface area (Å²) in [5.41, 5.74) is 0.513. The molecule has 1 aliphatic heterocycles. The monoisotopic (exact) mass is 280 g/mol. The Bertz CT molecular complexity index is 512. The van der Waals surface area contributed by atoms with E-state index in [0.717, 1.165) is 4.90 Å². The normalized spacial score (nSPS) is 14.4. The van der Waals surface area contributed by atoms with Crippen LogP contribution in [0.2, 0.25) is 0 Å². The predicted molar refractivity (Wildman–Crippen MR) is 62.8 cm³/mol. The third-order valence-corrected chi connectivity index (χ3v) is 3.95. The lowest BCUT2D eigenvalue weighted by molar-refractivity contribution is 0.389. The number of halogens is 1. The fourth-order valence-electron chi connectivity index (χ4n) is 1.45. The van der Waals surface area contributed by atoms with E-state index in [4.69, 9.17) is 20.2 Å². The van der Waals surface area contributed by atoms with Gasteiger partial charge in [0, 0.05) is 16.2 Å². The standard InChI is InChI=1S/C9H9ClO4S2/c1-13-7-3-9-8(14-5-15-9)2-6(7)4-16(10,11)12/h2-3H,4-5H2,1H3. The van der Waals surface area contributed by atoms with E-state index in [1.807, 2.05) is 0 Å². The van der Waals surface area contributed by atoms with Crippen LogP contribution in [0.15, 0.2) is 17.0 Å². The molecule has 0 radical (unpaired) electrons. The molecule has 88 valence electrons. The van der Waals surface area contributed by atoms with E-state index in [-0.39, 0.29) is 5.75 Å². The molecule has 1 heterocycles. The molecule has 7 heteroatoms. The maximum absolute atomic E-state index is 11.0. The summed E-state index contributed by atoms with van der Waals surface area (Å²) in [5.74, 6) is 1.47. The van der Waals surface area contributed by atoms with Gasteiger partial charge in [-0.05, 0) is 12.1 Å². The topological polar surface area (TPSA) is 52.6 Å². The Kier molecular flexibility index (Phi) is 3.23. The SMILES string of the molecule is COc1cc2c(cc1CS(=O)(=O)Cl)OCS2. The lowest BCUT2D eigenvalue weighted by Crippen LogP contribution is -1.99. The number of hydrogen-bond acceptors (Lipinski definition) is 5. The van der Waals surface area contributed by atoms with Gasteiger partial charge in [0.25, 0.3) is 0 Å². The van der Waals surface area contributed by atoms with Gasteiger partial charge in [-0.15, -0.1) is 0 Å². The zero-order valence-electron chi connectivity index (χ0n) is 8.40. The highest BCUT2D eigenvalue weighted by Crippen LogP contribution is 2.41. The van der Waals surface area contributed by atoms with Gasteiger partial charge in [-0.2, -0.15) is 0 Å². The van der Waals surface area contributed by atoms with Gasteiger partial charge in [0.05, 0.1) is 17.8 Å². The number of hydrogen-bond donors (Lipinski definition) is 0. The summed E-state index contributed by atoms with van der Waals surface area (Å²) in [6.07, 6.45) is 0. The lowest BCUT2D eigenvalue weighted by Gasteiger charge is -2.08. The molecule has 0 N–H and O–H groups in total. The maximum Gasteiger partial charge on any atom is 0.236 e. The van der Waals surface area contributed by atoms with Crippen LogP contribution < -0.4 is 9.47 Å². The Morgan fingerprint density at radius 3 is 2.94 bits per heavy atom. The highest BCUT2D eigenvalue weighted by Gasteiger charge is 2.19. The average Bonchev–Trinajstić information content (AvgIpc) is 2.60. The van der Waals surface area contributed by atoms with E-state index < -0.39 is 9.05 Å². The van der Waals surface area contributed by atoms with E-state index in [9.17, 15) is 8.42 Å². The molecule has 4 nitrogen and oxygen atoms in total. The van der Waals surface area contributed by atoms with E-state index >= 15 is 0 Å². The zero-order valence-corrected chi connectivity index (χ0v) is 10.8. The molecule has 0 unspecified atom stereocenters. The van der Waals surface area contributed by atoms with Crippen LogP contribution in [-0.4, -0.2) is 21.5 Å². The van der Waals surface area contributed by atoms with Crippen molar-refractivity contribution in [2.45, 2.75) is 10.6 Å². The van der Waals surface area contributed by atoms with Gasteiger partial charge < -0.3 is 9.47 Å². The van der Waals surface area contributed by atoms with Crippen LogP contribution in [0.4, 0.5) is 0 Å². The summed E-state index contributed by atoms with van der Waals surface area (Å²) in [4.78, 5) is 0.951. The van der Waals surface area contributed by atoms with Crippen LogP contribution in [0.5, 0.6) is 11.5 Å². The van der Waals surface area contributed by atoms with Gasteiger partial charge in [0.15, 0.2) is 0 Å². The molecule has 0 amide bonds. The molecule has 16 heavy (non-hydrogen) atoms. The fraction of sp³-hybridized carbons (Fsp3) is 0.333. The molecule has 0 spiro atoms. The van der Waals surface area contributed by atoms with E-state index in [1.165, 1.54) is 18.9 Å². The first-order valence-corrected chi connectivity index (χ1v) is 7.85. The highest BCUT2D eigenvalue weighted by atomic mass is 35.7. The minimum absolute atomic E-state index is 0.265. The summed E-state index contributed by atoms with van der Waals surface area (Å²) >= 11 is 1.54. The van der Waals surface area contributed by atoms with Crippen LogP contribution >= 0.6 is 22.4 Å². The summed E-state index contributed by atoms with van der Waals surface area (Å²) in [5, 5.41) is 0. The molecule has 0 fully saturated rings. The van der Waals surface area contributed by atoms with Gasteiger partial charge in [0.2, 0.25) is 9.05 Å². The van der Waals surface area contributed by atoms with Crippen LogP contribution in [0.1, 0.15) is 5.56 Å².